The van der Waals surface area contributed by atoms with E-state index in [1.807, 2.05) is 40.7 Å². The van der Waals surface area contributed by atoms with Gasteiger partial charge in [0.05, 0.1) is 10.4 Å². The number of aromatic nitrogens is 3. The predicted octanol–water partition coefficient (Wildman–Crippen LogP) is 4.81. The zero-order valence-electron chi connectivity index (χ0n) is 17.3. The Labute approximate surface area is 180 Å². The average molecular weight is 438 g/mol. The van der Waals surface area contributed by atoms with E-state index >= 15 is 0 Å². The van der Waals surface area contributed by atoms with Crippen LogP contribution in [0, 0.1) is 0 Å². The molecule has 1 aliphatic rings. The summed E-state index contributed by atoms with van der Waals surface area (Å²) >= 11 is 12.8. The third-order valence-electron chi connectivity index (χ3n) is 4.63. The summed E-state index contributed by atoms with van der Waals surface area (Å²) in [4.78, 5) is 29.6. The lowest BCUT2D eigenvalue weighted by Gasteiger charge is -2.36. The molecule has 29 heavy (non-hydrogen) atoms. The van der Waals surface area contributed by atoms with Gasteiger partial charge in [-0.25, -0.2) is 19.7 Å². The van der Waals surface area contributed by atoms with Crippen LogP contribution in [0.2, 0.25) is 10.2 Å². The smallest absolute Gasteiger partial charge is 0.410 e. The number of ether oxygens (including phenoxy) is 1. The number of carbonyl (C=O) groups excluding carboxylic acids is 1. The first-order valence-corrected chi connectivity index (χ1v) is 10.2. The van der Waals surface area contributed by atoms with Crippen molar-refractivity contribution >= 4 is 51.6 Å². The number of rotatable bonds is 2. The minimum atomic E-state index is -0.521. The number of hydrogen-bond acceptors (Lipinski definition) is 6. The number of anilines is 1. The molecule has 0 spiro atoms. The Hall–Kier alpha value is -2.12. The van der Waals surface area contributed by atoms with Crippen LogP contribution < -0.4 is 4.90 Å². The summed E-state index contributed by atoms with van der Waals surface area (Å²) in [5.74, 6) is 1.28. The molecule has 2 aromatic heterocycles. The fourth-order valence-corrected chi connectivity index (χ4v) is 3.43. The monoisotopic (exact) mass is 437 g/mol. The van der Waals surface area contributed by atoms with Crippen molar-refractivity contribution in [1.82, 2.24) is 19.9 Å². The first-order valence-electron chi connectivity index (χ1n) is 9.48. The van der Waals surface area contributed by atoms with Crippen LogP contribution in [0.25, 0.3) is 16.5 Å². The van der Waals surface area contributed by atoms with Gasteiger partial charge in [0.2, 0.25) is 0 Å². The lowest BCUT2D eigenvalue weighted by atomic mass is 10.2. The van der Waals surface area contributed by atoms with Gasteiger partial charge in [-0.2, -0.15) is 0 Å². The third kappa shape index (κ3) is 4.73. The second-order valence-electron chi connectivity index (χ2n) is 7.92. The van der Waals surface area contributed by atoms with Crippen molar-refractivity contribution in [3.63, 3.8) is 0 Å². The predicted molar refractivity (Wildman–Crippen MR) is 117 cm³/mol. The van der Waals surface area contributed by atoms with Crippen LogP contribution >= 0.6 is 23.2 Å². The molecule has 1 amide bonds. The van der Waals surface area contributed by atoms with Crippen molar-refractivity contribution in [2.24, 2.45) is 0 Å². The highest BCUT2D eigenvalue weighted by Crippen LogP contribution is 2.34. The van der Waals surface area contributed by atoms with Crippen LogP contribution in [0.4, 0.5) is 10.6 Å². The van der Waals surface area contributed by atoms with Crippen LogP contribution in [-0.4, -0.2) is 57.7 Å². The fourth-order valence-electron chi connectivity index (χ4n) is 3.02. The van der Waals surface area contributed by atoms with Crippen LogP contribution in [0.15, 0.2) is 12.3 Å². The Kier molecular flexibility index (Phi) is 6.19. The zero-order chi connectivity index (χ0) is 21.3. The van der Waals surface area contributed by atoms with Crippen molar-refractivity contribution in [2.45, 2.75) is 40.2 Å². The van der Waals surface area contributed by atoms with Gasteiger partial charge in [-0.05, 0) is 40.2 Å². The quantitative estimate of drug-likeness (QED) is 0.627. The van der Waals surface area contributed by atoms with Crippen LogP contribution in [0.5, 0.6) is 0 Å². The van der Waals surface area contributed by atoms with E-state index in [1.165, 1.54) is 6.20 Å². The summed E-state index contributed by atoms with van der Waals surface area (Å²) in [6.45, 7) is 11.7. The number of pyridine rings is 1. The molecular formula is C20H25Cl2N5O2. The summed E-state index contributed by atoms with van der Waals surface area (Å²) in [6, 6.07) is 0. The van der Waals surface area contributed by atoms with Crippen molar-refractivity contribution in [1.29, 1.82) is 0 Å². The molecule has 3 heterocycles. The molecule has 0 atom stereocenters. The summed E-state index contributed by atoms with van der Waals surface area (Å²) in [7, 11) is 0. The van der Waals surface area contributed by atoms with Crippen molar-refractivity contribution in [2.75, 3.05) is 31.1 Å². The highest BCUT2D eigenvalue weighted by molar-refractivity contribution is 6.39. The SMILES string of the molecule is CC=C(C)c1nc(N2CCN(C(=O)OC(C)(C)C)CC2)c2c(Cl)cnc(Cl)c2n1. The first kappa shape index (κ1) is 21.6. The molecule has 1 aliphatic heterocycles. The van der Waals surface area contributed by atoms with Gasteiger partial charge >= 0.3 is 6.09 Å². The molecule has 0 bridgehead atoms. The number of hydrogen-bond donors (Lipinski definition) is 0. The van der Waals surface area contributed by atoms with Gasteiger partial charge in [0.1, 0.15) is 16.9 Å². The van der Waals surface area contributed by atoms with Gasteiger partial charge in [-0.3, -0.25) is 0 Å². The van der Waals surface area contributed by atoms with Gasteiger partial charge in [0.15, 0.2) is 11.0 Å². The number of amides is 1. The van der Waals surface area contributed by atoms with E-state index in [9.17, 15) is 4.79 Å². The Bertz CT molecular complexity index is 963. The average Bonchev–Trinajstić information content (AvgIpc) is 2.68. The normalized spacial score (nSPS) is 15.8. The molecule has 0 N–H and O–H groups in total. The fraction of sp³-hybridized carbons (Fsp3) is 0.500. The largest absolute Gasteiger partial charge is 0.444 e. The molecule has 1 fully saturated rings. The molecule has 9 heteroatoms. The molecule has 2 aromatic rings. The van der Waals surface area contributed by atoms with E-state index in [0.29, 0.717) is 53.7 Å². The third-order valence-corrected chi connectivity index (χ3v) is 5.20. The number of allylic oxidation sites excluding steroid dienone is 2. The topological polar surface area (TPSA) is 71.5 Å². The van der Waals surface area contributed by atoms with Crippen LogP contribution in [0.3, 0.4) is 0 Å². The Balaban J connectivity index is 1.94. The molecule has 0 radical (unpaired) electrons. The van der Waals surface area contributed by atoms with Gasteiger partial charge in [0.25, 0.3) is 0 Å². The second kappa shape index (κ2) is 8.32. The number of nitrogens with zero attached hydrogens (tertiary/aromatic N) is 5. The van der Waals surface area contributed by atoms with Gasteiger partial charge in [0, 0.05) is 32.4 Å². The Morgan fingerprint density at radius 2 is 1.83 bits per heavy atom. The molecular weight excluding hydrogens is 413 g/mol. The summed E-state index contributed by atoms with van der Waals surface area (Å²) < 4.78 is 5.48. The maximum absolute atomic E-state index is 12.4. The van der Waals surface area contributed by atoms with Crippen molar-refractivity contribution in [3.05, 3.63) is 28.3 Å². The minimum absolute atomic E-state index is 0.283. The van der Waals surface area contributed by atoms with Crippen LogP contribution in [0.1, 0.15) is 40.4 Å². The number of fused-ring (bicyclic) bond motifs is 1. The zero-order valence-corrected chi connectivity index (χ0v) is 18.8. The molecule has 0 aromatic carbocycles. The maximum atomic E-state index is 12.4. The number of piperazine rings is 1. The van der Waals surface area contributed by atoms with E-state index in [2.05, 4.69) is 14.9 Å². The van der Waals surface area contributed by atoms with E-state index in [0.717, 1.165) is 5.57 Å². The Morgan fingerprint density at radius 1 is 1.17 bits per heavy atom. The van der Waals surface area contributed by atoms with E-state index in [-0.39, 0.29) is 11.2 Å². The molecule has 0 saturated carbocycles. The highest BCUT2D eigenvalue weighted by atomic mass is 35.5. The van der Waals surface area contributed by atoms with E-state index in [4.69, 9.17) is 32.9 Å². The minimum Gasteiger partial charge on any atom is -0.444 e. The molecule has 156 valence electrons. The van der Waals surface area contributed by atoms with Gasteiger partial charge in [-0.15, -0.1) is 0 Å². The van der Waals surface area contributed by atoms with Gasteiger partial charge < -0.3 is 14.5 Å². The molecule has 0 unspecified atom stereocenters. The van der Waals surface area contributed by atoms with E-state index < -0.39 is 5.60 Å². The summed E-state index contributed by atoms with van der Waals surface area (Å²) in [5.41, 5.74) is 0.930. The number of halogens is 2. The van der Waals surface area contributed by atoms with Crippen LogP contribution in [-0.2, 0) is 4.74 Å². The van der Waals surface area contributed by atoms with E-state index in [1.54, 1.807) is 4.90 Å². The summed E-state index contributed by atoms with van der Waals surface area (Å²) in [5, 5.41) is 1.40. The lowest BCUT2D eigenvalue weighted by Crippen LogP contribution is -2.50. The Morgan fingerprint density at radius 3 is 2.41 bits per heavy atom. The van der Waals surface area contributed by atoms with Crippen molar-refractivity contribution < 1.29 is 9.53 Å². The maximum Gasteiger partial charge on any atom is 0.410 e. The standard InChI is InChI=1S/C20H25Cl2N5O2/c1-6-12(2)17-24-15-14(13(21)11-23-16(15)22)18(25-17)26-7-9-27(10-8-26)19(28)29-20(3,4)5/h6,11H,7-10H2,1-5H3. The molecule has 3 rings (SSSR count). The summed E-state index contributed by atoms with van der Waals surface area (Å²) in [6.07, 6.45) is 3.15. The number of carbonyl (C=O) groups is 1. The second-order valence-corrected chi connectivity index (χ2v) is 8.68. The molecule has 1 saturated heterocycles. The van der Waals surface area contributed by atoms with Crippen molar-refractivity contribution in [3.8, 4) is 0 Å². The molecule has 7 nitrogen and oxygen atoms in total. The molecule has 0 aliphatic carbocycles. The lowest BCUT2D eigenvalue weighted by molar-refractivity contribution is 0.0240. The highest BCUT2D eigenvalue weighted by Gasteiger charge is 2.28. The first-order chi connectivity index (χ1) is 13.6. The van der Waals surface area contributed by atoms with Gasteiger partial charge in [-0.1, -0.05) is 29.3 Å².